The van der Waals surface area contributed by atoms with E-state index in [4.69, 9.17) is 5.73 Å². The van der Waals surface area contributed by atoms with Gasteiger partial charge in [-0.3, -0.25) is 0 Å². The first-order valence-electron chi connectivity index (χ1n) is 4.74. The van der Waals surface area contributed by atoms with Gasteiger partial charge in [0.05, 0.1) is 5.69 Å². The molecular weight excluding hydrogens is 162 g/mol. The molecule has 3 nitrogen and oxygen atoms in total. The molecule has 3 heteroatoms. The highest BCUT2D eigenvalue weighted by molar-refractivity contribution is 5.62. The van der Waals surface area contributed by atoms with E-state index in [9.17, 15) is 0 Å². The molecule has 13 heavy (non-hydrogen) atoms. The SMILES string of the molecule is CCC1(Nc2ncccc2N)CC1. The summed E-state index contributed by atoms with van der Waals surface area (Å²) >= 11 is 0. The van der Waals surface area contributed by atoms with Gasteiger partial charge in [0, 0.05) is 11.7 Å². The van der Waals surface area contributed by atoms with Gasteiger partial charge < -0.3 is 11.1 Å². The summed E-state index contributed by atoms with van der Waals surface area (Å²) in [5.41, 5.74) is 6.82. The van der Waals surface area contributed by atoms with Crippen molar-refractivity contribution in [2.45, 2.75) is 31.7 Å². The zero-order chi connectivity index (χ0) is 9.31. The first-order valence-corrected chi connectivity index (χ1v) is 4.74. The van der Waals surface area contributed by atoms with Gasteiger partial charge in [0.15, 0.2) is 0 Å². The minimum absolute atomic E-state index is 0.294. The van der Waals surface area contributed by atoms with Gasteiger partial charge in [-0.2, -0.15) is 0 Å². The van der Waals surface area contributed by atoms with Gasteiger partial charge >= 0.3 is 0 Å². The van der Waals surface area contributed by atoms with Gasteiger partial charge in [-0.1, -0.05) is 6.92 Å². The number of nitrogens with zero attached hydrogens (tertiary/aromatic N) is 1. The largest absolute Gasteiger partial charge is 0.396 e. The van der Waals surface area contributed by atoms with E-state index in [1.165, 1.54) is 12.8 Å². The smallest absolute Gasteiger partial charge is 0.149 e. The van der Waals surface area contributed by atoms with Crippen LogP contribution in [0.2, 0.25) is 0 Å². The van der Waals surface area contributed by atoms with Crippen LogP contribution in [0.5, 0.6) is 0 Å². The molecule has 3 N–H and O–H groups in total. The normalized spacial score (nSPS) is 18.2. The number of nitrogens with one attached hydrogen (secondary N) is 1. The van der Waals surface area contributed by atoms with E-state index in [-0.39, 0.29) is 0 Å². The van der Waals surface area contributed by atoms with E-state index in [0.717, 1.165) is 17.9 Å². The molecule has 2 rings (SSSR count). The van der Waals surface area contributed by atoms with Crippen molar-refractivity contribution >= 4 is 11.5 Å². The molecule has 0 saturated heterocycles. The first kappa shape index (κ1) is 8.35. The van der Waals surface area contributed by atoms with Crippen molar-refractivity contribution in [2.75, 3.05) is 11.1 Å². The highest BCUT2D eigenvalue weighted by atomic mass is 15.1. The van der Waals surface area contributed by atoms with E-state index >= 15 is 0 Å². The third-order valence-corrected chi connectivity index (χ3v) is 2.75. The van der Waals surface area contributed by atoms with E-state index in [1.54, 1.807) is 6.20 Å². The van der Waals surface area contributed by atoms with E-state index < -0.39 is 0 Å². The molecular formula is C10H15N3. The van der Waals surface area contributed by atoms with Crippen molar-refractivity contribution in [3.8, 4) is 0 Å². The molecule has 0 atom stereocenters. The Labute approximate surface area is 78.4 Å². The average molecular weight is 177 g/mol. The molecule has 0 unspecified atom stereocenters. The topological polar surface area (TPSA) is 50.9 Å². The molecule has 1 fully saturated rings. The summed E-state index contributed by atoms with van der Waals surface area (Å²) in [6.45, 7) is 2.19. The predicted octanol–water partition coefficient (Wildman–Crippen LogP) is 2.02. The van der Waals surface area contributed by atoms with Gasteiger partial charge in [-0.15, -0.1) is 0 Å². The van der Waals surface area contributed by atoms with Gasteiger partial charge in [-0.25, -0.2) is 4.98 Å². The Morgan fingerprint density at radius 1 is 1.62 bits per heavy atom. The van der Waals surface area contributed by atoms with E-state index in [1.807, 2.05) is 12.1 Å². The lowest BCUT2D eigenvalue weighted by molar-refractivity contribution is 0.698. The number of nitrogen functional groups attached to an aromatic ring is 1. The average Bonchev–Trinajstić information content (AvgIpc) is 2.90. The van der Waals surface area contributed by atoms with Crippen LogP contribution in [0.1, 0.15) is 26.2 Å². The van der Waals surface area contributed by atoms with Crippen molar-refractivity contribution in [3.63, 3.8) is 0 Å². The molecule has 1 aliphatic carbocycles. The Bertz CT molecular complexity index is 305. The van der Waals surface area contributed by atoms with E-state index in [0.29, 0.717) is 5.54 Å². The fourth-order valence-corrected chi connectivity index (χ4v) is 1.49. The Balaban J connectivity index is 2.14. The summed E-state index contributed by atoms with van der Waals surface area (Å²) < 4.78 is 0. The summed E-state index contributed by atoms with van der Waals surface area (Å²) in [5.74, 6) is 0.835. The lowest BCUT2D eigenvalue weighted by atomic mass is 10.2. The molecule has 0 bridgehead atoms. The standard InChI is InChI=1S/C10H15N3/c1-2-10(5-6-10)13-9-8(11)4-3-7-12-9/h3-4,7H,2,5-6,11H2,1H3,(H,12,13). The number of aromatic nitrogens is 1. The summed E-state index contributed by atoms with van der Waals surface area (Å²) in [5, 5.41) is 3.41. The molecule has 0 spiro atoms. The number of hydrogen-bond donors (Lipinski definition) is 2. The van der Waals surface area contributed by atoms with E-state index in [2.05, 4.69) is 17.2 Å². The van der Waals surface area contributed by atoms with Crippen molar-refractivity contribution in [3.05, 3.63) is 18.3 Å². The maximum Gasteiger partial charge on any atom is 0.149 e. The van der Waals surface area contributed by atoms with Crippen LogP contribution in [-0.4, -0.2) is 10.5 Å². The fourth-order valence-electron chi connectivity index (χ4n) is 1.49. The highest BCUT2D eigenvalue weighted by Crippen LogP contribution is 2.42. The summed E-state index contributed by atoms with van der Waals surface area (Å²) in [6.07, 6.45) is 5.38. The van der Waals surface area contributed by atoms with Gasteiger partial charge in [0.25, 0.3) is 0 Å². The number of anilines is 2. The monoisotopic (exact) mass is 177 g/mol. The van der Waals surface area contributed by atoms with Gasteiger partial charge in [-0.05, 0) is 31.4 Å². The van der Waals surface area contributed by atoms with Crippen molar-refractivity contribution < 1.29 is 0 Å². The lowest BCUT2D eigenvalue weighted by Crippen LogP contribution is -2.21. The molecule has 1 aromatic heterocycles. The molecule has 1 aliphatic rings. The zero-order valence-corrected chi connectivity index (χ0v) is 7.88. The van der Waals surface area contributed by atoms with Gasteiger partial charge in [0.2, 0.25) is 0 Å². The molecule has 1 heterocycles. The second-order valence-corrected chi connectivity index (χ2v) is 3.70. The molecule has 0 aromatic carbocycles. The molecule has 0 radical (unpaired) electrons. The number of nitrogens with two attached hydrogens (primary N) is 1. The third kappa shape index (κ3) is 1.59. The summed E-state index contributed by atoms with van der Waals surface area (Å²) in [6, 6.07) is 3.73. The Morgan fingerprint density at radius 2 is 2.38 bits per heavy atom. The number of hydrogen-bond acceptors (Lipinski definition) is 3. The van der Waals surface area contributed by atoms with Gasteiger partial charge in [0.1, 0.15) is 5.82 Å². The Hall–Kier alpha value is -1.25. The molecule has 70 valence electrons. The Morgan fingerprint density at radius 3 is 2.92 bits per heavy atom. The highest BCUT2D eigenvalue weighted by Gasteiger charge is 2.41. The van der Waals surface area contributed by atoms with Crippen LogP contribution in [0.15, 0.2) is 18.3 Å². The summed E-state index contributed by atoms with van der Waals surface area (Å²) in [4.78, 5) is 4.22. The first-order chi connectivity index (χ1) is 6.26. The summed E-state index contributed by atoms with van der Waals surface area (Å²) in [7, 11) is 0. The Kier molecular flexibility index (Phi) is 1.87. The molecule has 1 saturated carbocycles. The van der Waals surface area contributed by atoms with Crippen LogP contribution in [0.4, 0.5) is 11.5 Å². The van der Waals surface area contributed by atoms with Crippen molar-refractivity contribution in [1.82, 2.24) is 4.98 Å². The van der Waals surface area contributed by atoms with Crippen LogP contribution < -0.4 is 11.1 Å². The molecule has 0 aliphatic heterocycles. The predicted molar refractivity (Wildman–Crippen MR) is 54.5 cm³/mol. The zero-order valence-electron chi connectivity index (χ0n) is 7.88. The van der Waals surface area contributed by atoms with Crippen molar-refractivity contribution in [2.24, 2.45) is 0 Å². The molecule has 1 aromatic rings. The van der Waals surface area contributed by atoms with Crippen LogP contribution in [0.3, 0.4) is 0 Å². The second kappa shape index (κ2) is 2.91. The maximum atomic E-state index is 5.79. The third-order valence-electron chi connectivity index (χ3n) is 2.75. The van der Waals surface area contributed by atoms with Crippen LogP contribution in [0.25, 0.3) is 0 Å². The number of rotatable bonds is 3. The van der Waals surface area contributed by atoms with Crippen LogP contribution in [-0.2, 0) is 0 Å². The van der Waals surface area contributed by atoms with Crippen LogP contribution >= 0.6 is 0 Å². The minimum Gasteiger partial charge on any atom is -0.396 e. The maximum absolute atomic E-state index is 5.79. The quantitative estimate of drug-likeness (QED) is 0.742. The lowest BCUT2D eigenvalue weighted by Gasteiger charge is -2.16. The minimum atomic E-state index is 0.294. The molecule has 0 amide bonds. The fraction of sp³-hybridized carbons (Fsp3) is 0.500. The van der Waals surface area contributed by atoms with Crippen molar-refractivity contribution in [1.29, 1.82) is 0 Å². The van der Waals surface area contributed by atoms with Crippen LogP contribution in [0, 0.1) is 0 Å². The number of pyridine rings is 1. The second-order valence-electron chi connectivity index (χ2n) is 3.70.